The van der Waals surface area contributed by atoms with Gasteiger partial charge in [0.25, 0.3) is 0 Å². The second-order valence-corrected chi connectivity index (χ2v) is 4.70. The molecule has 0 bridgehead atoms. The molecule has 0 radical (unpaired) electrons. The fraction of sp³-hybridized carbons (Fsp3) is 0.0667. The molecule has 0 aliphatic carbocycles. The third-order valence-electron chi connectivity index (χ3n) is 3.02. The Labute approximate surface area is 128 Å². The Kier molecular flexibility index (Phi) is 3.65. The second kappa shape index (κ2) is 5.64. The van der Waals surface area contributed by atoms with E-state index >= 15 is 0 Å². The number of nitrogen functional groups attached to an aromatic ring is 1. The number of hydrogen-bond donors (Lipinski definition) is 2. The quantitative estimate of drug-likeness (QED) is 0.723. The normalized spacial score (nSPS) is 11.4. The lowest BCUT2D eigenvalue weighted by molar-refractivity contribution is -0.274. The summed E-state index contributed by atoms with van der Waals surface area (Å²) in [6, 6.07) is 12.4. The van der Waals surface area contributed by atoms with Crippen LogP contribution in [-0.2, 0) is 0 Å². The number of ether oxygens (including phenoxy) is 1. The number of nitrogens with two attached hydrogens (primary N) is 1. The first-order valence-electron chi connectivity index (χ1n) is 6.55. The minimum atomic E-state index is -4.71. The number of nitrogens with zero attached hydrogens (tertiary/aromatic N) is 2. The molecule has 0 fully saturated rings. The molecule has 8 heteroatoms. The van der Waals surface area contributed by atoms with Crippen molar-refractivity contribution in [1.29, 1.82) is 0 Å². The fourth-order valence-corrected chi connectivity index (χ4v) is 1.97. The summed E-state index contributed by atoms with van der Waals surface area (Å²) in [5.41, 5.74) is 7.62. The topological polar surface area (TPSA) is 76.8 Å². The zero-order chi connectivity index (χ0) is 16.4. The van der Waals surface area contributed by atoms with Crippen molar-refractivity contribution in [1.82, 2.24) is 15.2 Å². The summed E-state index contributed by atoms with van der Waals surface area (Å²) in [7, 11) is 0. The van der Waals surface area contributed by atoms with Gasteiger partial charge in [-0.05, 0) is 48.5 Å². The van der Waals surface area contributed by atoms with E-state index in [1.165, 1.54) is 24.3 Å². The number of nitrogens with one attached hydrogen (secondary N) is 1. The summed E-state index contributed by atoms with van der Waals surface area (Å²) < 4.78 is 40.2. The molecule has 2 aromatic carbocycles. The van der Waals surface area contributed by atoms with Gasteiger partial charge in [0.15, 0.2) is 11.6 Å². The average molecular weight is 320 g/mol. The largest absolute Gasteiger partial charge is 0.573 e. The lowest BCUT2D eigenvalue weighted by Crippen LogP contribution is -2.16. The van der Waals surface area contributed by atoms with E-state index in [9.17, 15) is 13.2 Å². The predicted octanol–water partition coefficient (Wildman–Crippen LogP) is 3.62. The van der Waals surface area contributed by atoms with E-state index in [2.05, 4.69) is 19.9 Å². The molecule has 118 valence electrons. The number of aromatic nitrogens is 3. The van der Waals surface area contributed by atoms with Crippen LogP contribution in [0.2, 0.25) is 0 Å². The summed E-state index contributed by atoms with van der Waals surface area (Å²) in [4.78, 5) is 4.31. The van der Waals surface area contributed by atoms with E-state index in [1.54, 1.807) is 24.3 Å². The second-order valence-electron chi connectivity index (χ2n) is 4.70. The molecule has 0 aliphatic heterocycles. The van der Waals surface area contributed by atoms with Gasteiger partial charge in [-0.25, -0.2) is 4.98 Å². The van der Waals surface area contributed by atoms with E-state index in [-0.39, 0.29) is 5.75 Å². The van der Waals surface area contributed by atoms with Crippen molar-refractivity contribution >= 4 is 5.69 Å². The Morgan fingerprint density at radius 3 is 2.13 bits per heavy atom. The van der Waals surface area contributed by atoms with Crippen LogP contribution in [-0.4, -0.2) is 21.5 Å². The highest BCUT2D eigenvalue weighted by molar-refractivity contribution is 5.63. The molecular formula is C15H11F3N4O. The van der Waals surface area contributed by atoms with E-state index in [0.717, 1.165) is 5.56 Å². The average Bonchev–Trinajstić information content (AvgIpc) is 2.97. The van der Waals surface area contributed by atoms with Crippen LogP contribution < -0.4 is 10.5 Å². The predicted molar refractivity (Wildman–Crippen MR) is 78.4 cm³/mol. The number of hydrogen-bond acceptors (Lipinski definition) is 4. The maximum atomic E-state index is 12.1. The first kappa shape index (κ1) is 14.9. The van der Waals surface area contributed by atoms with Gasteiger partial charge < -0.3 is 10.5 Å². The van der Waals surface area contributed by atoms with Crippen molar-refractivity contribution in [3.63, 3.8) is 0 Å². The van der Waals surface area contributed by atoms with E-state index < -0.39 is 6.36 Å². The highest BCUT2D eigenvalue weighted by atomic mass is 19.4. The minimum Gasteiger partial charge on any atom is -0.406 e. The maximum Gasteiger partial charge on any atom is 0.573 e. The van der Waals surface area contributed by atoms with Gasteiger partial charge in [0.05, 0.1) is 0 Å². The molecular weight excluding hydrogens is 309 g/mol. The monoisotopic (exact) mass is 320 g/mol. The standard InChI is InChI=1S/C15H11F3N4O/c16-15(17,18)23-12-7-3-10(4-8-12)14-20-13(21-22-14)9-1-5-11(19)6-2-9/h1-8H,19H2,(H,20,21,22). The van der Waals surface area contributed by atoms with Crippen LogP contribution in [0.5, 0.6) is 5.75 Å². The molecule has 1 heterocycles. The van der Waals surface area contributed by atoms with Gasteiger partial charge >= 0.3 is 6.36 Å². The van der Waals surface area contributed by atoms with Crippen molar-refractivity contribution in [3.8, 4) is 28.5 Å². The lowest BCUT2D eigenvalue weighted by atomic mass is 10.2. The zero-order valence-electron chi connectivity index (χ0n) is 11.6. The third kappa shape index (κ3) is 3.60. The summed E-state index contributed by atoms with van der Waals surface area (Å²) in [5.74, 6) is 0.613. The van der Waals surface area contributed by atoms with Crippen LogP contribution in [0, 0.1) is 0 Å². The molecule has 0 aliphatic rings. The van der Waals surface area contributed by atoms with Gasteiger partial charge in [0.2, 0.25) is 0 Å². The molecule has 3 N–H and O–H groups in total. The zero-order valence-corrected chi connectivity index (χ0v) is 11.6. The molecule has 0 spiro atoms. The number of benzene rings is 2. The Morgan fingerprint density at radius 1 is 0.913 bits per heavy atom. The van der Waals surface area contributed by atoms with Gasteiger partial charge in [-0.1, -0.05) is 0 Å². The van der Waals surface area contributed by atoms with Crippen LogP contribution >= 0.6 is 0 Å². The highest BCUT2D eigenvalue weighted by Gasteiger charge is 2.31. The van der Waals surface area contributed by atoms with Crippen molar-refractivity contribution in [2.24, 2.45) is 0 Å². The molecule has 0 saturated heterocycles. The maximum absolute atomic E-state index is 12.1. The summed E-state index contributed by atoms with van der Waals surface area (Å²) in [5, 5.41) is 6.84. The number of H-pyrrole nitrogens is 1. The van der Waals surface area contributed by atoms with E-state index in [0.29, 0.717) is 22.9 Å². The van der Waals surface area contributed by atoms with Crippen LogP contribution in [0.15, 0.2) is 48.5 Å². The van der Waals surface area contributed by atoms with Gasteiger partial charge in [-0.15, -0.1) is 13.2 Å². The first-order valence-corrected chi connectivity index (χ1v) is 6.55. The molecule has 5 nitrogen and oxygen atoms in total. The molecule has 3 rings (SSSR count). The number of alkyl halides is 3. The Bertz CT molecular complexity index is 795. The molecule has 0 unspecified atom stereocenters. The van der Waals surface area contributed by atoms with E-state index in [1.807, 2.05) is 0 Å². The highest BCUT2D eigenvalue weighted by Crippen LogP contribution is 2.26. The Balaban J connectivity index is 1.81. The van der Waals surface area contributed by atoms with Crippen LogP contribution in [0.3, 0.4) is 0 Å². The molecule has 3 aromatic rings. The summed E-state index contributed by atoms with van der Waals surface area (Å²) in [6.45, 7) is 0. The smallest absolute Gasteiger partial charge is 0.406 e. The van der Waals surface area contributed by atoms with Gasteiger partial charge in [-0.2, -0.15) is 5.10 Å². The van der Waals surface area contributed by atoms with Gasteiger partial charge in [0.1, 0.15) is 5.75 Å². The lowest BCUT2D eigenvalue weighted by Gasteiger charge is -2.08. The fourth-order valence-electron chi connectivity index (χ4n) is 1.97. The van der Waals surface area contributed by atoms with Gasteiger partial charge in [-0.3, -0.25) is 5.10 Å². The third-order valence-corrected chi connectivity index (χ3v) is 3.02. The van der Waals surface area contributed by atoms with Crippen molar-refractivity contribution < 1.29 is 17.9 Å². The number of halogens is 3. The molecule has 0 saturated carbocycles. The SMILES string of the molecule is Nc1ccc(-c2nc(-c3ccc(OC(F)(F)F)cc3)n[nH]2)cc1. The van der Waals surface area contributed by atoms with Crippen LogP contribution in [0.25, 0.3) is 22.8 Å². The number of aromatic amines is 1. The van der Waals surface area contributed by atoms with Crippen molar-refractivity contribution in [2.45, 2.75) is 6.36 Å². The number of rotatable bonds is 3. The minimum absolute atomic E-state index is 0.296. The number of anilines is 1. The van der Waals surface area contributed by atoms with Crippen molar-refractivity contribution in [3.05, 3.63) is 48.5 Å². The summed E-state index contributed by atoms with van der Waals surface area (Å²) >= 11 is 0. The first-order chi connectivity index (χ1) is 10.9. The molecule has 1 aromatic heterocycles. The molecule has 0 amide bonds. The Hall–Kier alpha value is -3.03. The van der Waals surface area contributed by atoms with Crippen molar-refractivity contribution in [2.75, 3.05) is 5.73 Å². The summed E-state index contributed by atoms with van der Waals surface area (Å²) in [6.07, 6.45) is -4.71. The molecule has 0 atom stereocenters. The molecule has 23 heavy (non-hydrogen) atoms. The van der Waals surface area contributed by atoms with Crippen LogP contribution in [0.1, 0.15) is 0 Å². The Morgan fingerprint density at radius 2 is 1.52 bits per heavy atom. The van der Waals surface area contributed by atoms with Crippen LogP contribution in [0.4, 0.5) is 18.9 Å². The van der Waals surface area contributed by atoms with Gasteiger partial charge in [0, 0.05) is 16.8 Å². The van der Waals surface area contributed by atoms with E-state index in [4.69, 9.17) is 5.73 Å².